The van der Waals surface area contributed by atoms with E-state index in [-0.39, 0.29) is 17.8 Å². The Balaban J connectivity index is 1.49. The standard InChI is InChI=1S/C25H29N5O2S/c1-16-7-8-20(12-17(16)2)29-10-9-27-25(29)33-15-23(31)28-24-22(13-26)18(3)19(4)30(24)14-21-6-5-11-32-21/h7-10,12,21H,5-6,11,14-15H2,1-4H3,(H,28,31). The lowest BCUT2D eigenvalue weighted by molar-refractivity contribution is -0.113. The third-order valence-electron chi connectivity index (χ3n) is 6.32. The number of nitrogens with zero attached hydrogens (tertiary/aromatic N) is 4. The van der Waals surface area contributed by atoms with Gasteiger partial charge >= 0.3 is 0 Å². The number of ether oxygens (including phenoxy) is 1. The van der Waals surface area contributed by atoms with Crippen LogP contribution in [0.3, 0.4) is 0 Å². The predicted molar refractivity (Wildman–Crippen MR) is 130 cm³/mol. The number of nitriles is 1. The third kappa shape index (κ3) is 4.85. The summed E-state index contributed by atoms with van der Waals surface area (Å²) < 4.78 is 9.79. The van der Waals surface area contributed by atoms with Crippen molar-refractivity contribution in [1.82, 2.24) is 14.1 Å². The average Bonchev–Trinajstić information content (AvgIpc) is 3.53. The van der Waals surface area contributed by atoms with Gasteiger partial charge in [0.2, 0.25) is 5.91 Å². The highest BCUT2D eigenvalue weighted by Crippen LogP contribution is 2.29. The molecule has 4 rings (SSSR count). The van der Waals surface area contributed by atoms with Crippen LogP contribution in [0.25, 0.3) is 5.69 Å². The molecule has 0 spiro atoms. The predicted octanol–water partition coefficient (Wildman–Crippen LogP) is 4.69. The molecule has 0 saturated carbocycles. The summed E-state index contributed by atoms with van der Waals surface area (Å²) in [7, 11) is 0. The zero-order valence-electron chi connectivity index (χ0n) is 19.5. The van der Waals surface area contributed by atoms with Gasteiger partial charge in [-0.1, -0.05) is 17.8 Å². The van der Waals surface area contributed by atoms with Gasteiger partial charge in [-0.15, -0.1) is 0 Å². The van der Waals surface area contributed by atoms with E-state index in [0.29, 0.717) is 17.9 Å². The second-order valence-corrected chi connectivity index (χ2v) is 9.42. The van der Waals surface area contributed by atoms with E-state index in [2.05, 4.69) is 48.4 Å². The summed E-state index contributed by atoms with van der Waals surface area (Å²) in [4.78, 5) is 17.3. The summed E-state index contributed by atoms with van der Waals surface area (Å²) in [5, 5.41) is 13.5. The molecule has 1 unspecified atom stereocenters. The van der Waals surface area contributed by atoms with Crippen molar-refractivity contribution in [2.45, 2.75) is 58.3 Å². The van der Waals surface area contributed by atoms with Crippen LogP contribution in [-0.4, -0.2) is 38.5 Å². The number of hydrogen-bond acceptors (Lipinski definition) is 5. The van der Waals surface area contributed by atoms with Gasteiger partial charge in [0.1, 0.15) is 11.9 Å². The van der Waals surface area contributed by atoms with Crippen molar-refractivity contribution in [2.75, 3.05) is 17.7 Å². The molecule has 0 radical (unpaired) electrons. The number of aryl methyl sites for hydroxylation is 2. The lowest BCUT2D eigenvalue weighted by Gasteiger charge is -2.17. The second kappa shape index (κ2) is 9.86. The van der Waals surface area contributed by atoms with Crippen molar-refractivity contribution in [3.05, 3.63) is 58.5 Å². The van der Waals surface area contributed by atoms with Crippen molar-refractivity contribution >= 4 is 23.5 Å². The minimum absolute atomic E-state index is 0.109. The number of aromatic nitrogens is 3. The van der Waals surface area contributed by atoms with Gasteiger partial charge in [-0.3, -0.25) is 9.36 Å². The van der Waals surface area contributed by atoms with E-state index in [1.54, 1.807) is 6.20 Å². The van der Waals surface area contributed by atoms with Crippen LogP contribution in [0.4, 0.5) is 5.82 Å². The number of thioether (sulfide) groups is 1. The fourth-order valence-corrected chi connectivity index (χ4v) is 4.89. The number of nitrogens with one attached hydrogen (secondary N) is 1. The Bertz CT molecular complexity index is 1210. The van der Waals surface area contributed by atoms with Crippen LogP contribution in [0.1, 0.15) is 40.8 Å². The van der Waals surface area contributed by atoms with Gasteiger partial charge in [0, 0.05) is 30.4 Å². The van der Waals surface area contributed by atoms with E-state index in [4.69, 9.17) is 4.74 Å². The topological polar surface area (TPSA) is 84.9 Å². The molecule has 1 atom stereocenters. The van der Waals surface area contributed by atoms with E-state index in [0.717, 1.165) is 41.5 Å². The molecule has 3 heterocycles. The van der Waals surface area contributed by atoms with Gasteiger partial charge in [-0.25, -0.2) is 4.98 Å². The molecule has 0 bridgehead atoms. The Morgan fingerprint density at radius 1 is 1.30 bits per heavy atom. The van der Waals surface area contributed by atoms with Gasteiger partial charge in [0.05, 0.1) is 24.0 Å². The van der Waals surface area contributed by atoms with E-state index in [9.17, 15) is 10.1 Å². The molecule has 1 aromatic carbocycles. The van der Waals surface area contributed by atoms with Gasteiger partial charge < -0.3 is 14.6 Å². The first-order valence-corrected chi connectivity index (χ1v) is 12.1. The lowest BCUT2D eigenvalue weighted by atomic mass is 10.1. The fourth-order valence-electron chi connectivity index (χ4n) is 4.12. The highest BCUT2D eigenvalue weighted by Gasteiger charge is 2.24. The van der Waals surface area contributed by atoms with Crippen LogP contribution in [0.15, 0.2) is 35.7 Å². The molecule has 1 saturated heterocycles. The first kappa shape index (κ1) is 23.1. The number of amides is 1. The molecule has 172 valence electrons. The SMILES string of the molecule is Cc1ccc(-n2ccnc2SCC(=O)Nc2c(C#N)c(C)c(C)n2CC2CCCO2)cc1C. The first-order chi connectivity index (χ1) is 15.9. The molecule has 33 heavy (non-hydrogen) atoms. The molecule has 1 aliphatic rings. The monoisotopic (exact) mass is 463 g/mol. The number of rotatable bonds is 7. The maximum atomic E-state index is 12.9. The Labute approximate surface area is 198 Å². The zero-order valence-corrected chi connectivity index (χ0v) is 20.3. The number of benzene rings is 1. The minimum Gasteiger partial charge on any atom is -0.376 e. The second-order valence-electron chi connectivity index (χ2n) is 8.48. The summed E-state index contributed by atoms with van der Waals surface area (Å²) in [6, 6.07) is 8.52. The molecule has 3 aromatic rings. The van der Waals surface area contributed by atoms with Crippen LogP contribution in [0.5, 0.6) is 0 Å². The number of anilines is 1. The van der Waals surface area contributed by atoms with Gasteiger partial charge in [-0.05, 0) is 69.4 Å². The van der Waals surface area contributed by atoms with Crippen LogP contribution in [0.2, 0.25) is 0 Å². The Hall–Kier alpha value is -3.02. The number of imidazole rings is 1. The van der Waals surface area contributed by atoms with Crippen LogP contribution in [0, 0.1) is 39.0 Å². The smallest absolute Gasteiger partial charge is 0.235 e. The highest BCUT2D eigenvalue weighted by atomic mass is 32.2. The Morgan fingerprint density at radius 3 is 2.82 bits per heavy atom. The molecule has 7 nitrogen and oxygen atoms in total. The summed E-state index contributed by atoms with van der Waals surface area (Å²) in [6.45, 7) is 9.47. The summed E-state index contributed by atoms with van der Waals surface area (Å²) in [6.07, 6.45) is 5.78. The molecular weight excluding hydrogens is 434 g/mol. The molecule has 8 heteroatoms. The highest BCUT2D eigenvalue weighted by molar-refractivity contribution is 7.99. The largest absolute Gasteiger partial charge is 0.376 e. The van der Waals surface area contributed by atoms with E-state index >= 15 is 0 Å². The average molecular weight is 464 g/mol. The molecule has 1 aliphatic heterocycles. The first-order valence-electron chi connectivity index (χ1n) is 11.1. The van der Waals surface area contributed by atoms with Crippen molar-refractivity contribution in [1.29, 1.82) is 5.26 Å². The van der Waals surface area contributed by atoms with Crippen molar-refractivity contribution < 1.29 is 9.53 Å². The summed E-state index contributed by atoms with van der Waals surface area (Å²) in [5.74, 6) is 0.582. The van der Waals surface area contributed by atoms with Gasteiger partial charge in [0.25, 0.3) is 0 Å². The van der Waals surface area contributed by atoms with Gasteiger partial charge in [-0.2, -0.15) is 5.26 Å². The zero-order chi connectivity index (χ0) is 23.5. The molecule has 1 amide bonds. The summed E-state index contributed by atoms with van der Waals surface area (Å²) in [5.41, 5.74) is 5.84. The number of carbonyl (C=O) groups is 1. The Kier molecular flexibility index (Phi) is 6.91. The third-order valence-corrected chi connectivity index (χ3v) is 7.28. The van der Waals surface area contributed by atoms with Crippen molar-refractivity contribution in [2.24, 2.45) is 0 Å². The Morgan fingerprint density at radius 2 is 2.12 bits per heavy atom. The van der Waals surface area contributed by atoms with Crippen LogP contribution >= 0.6 is 11.8 Å². The molecule has 2 aromatic heterocycles. The van der Waals surface area contributed by atoms with Gasteiger partial charge in [0.15, 0.2) is 5.16 Å². The van der Waals surface area contributed by atoms with E-state index in [1.165, 1.54) is 22.9 Å². The lowest BCUT2D eigenvalue weighted by Crippen LogP contribution is -2.22. The molecule has 1 fully saturated rings. The van der Waals surface area contributed by atoms with E-state index < -0.39 is 0 Å². The van der Waals surface area contributed by atoms with Crippen molar-refractivity contribution in [3.63, 3.8) is 0 Å². The number of carbonyl (C=O) groups excluding carboxylic acids is 1. The summed E-state index contributed by atoms with van der Waals surface area (Å²) >= 11 is 1.37. The maximum absolute atomic E-state index is 12.9. The fraction of sp³-hybridized carbons (Fsp3) is 0.400. The molecule has 0 aliphatic carbocycles. The number of hydrogen-bond donors (Lipinski definition) is 1. The van der Waals surface area contributed by atoms with E-state index in [1.807, 2.05) is 29.2 Å². The quantitative estimate of drug-likeness (QED) is 0.514. The normalized spacial score (nSPS) is 15.5. The molecule has 1 N–H and O–H groups in total. The van der Waals surface area contributed by atoms with Crippen LogP contribution < -0.4 is 5.32 Å². The molecular formula is C25H29N5O2S. The van der Waals surface area contributed by atoms with Crippen LogP contribution in [-0.2, 0) is 16.1 Å². The minimum atomic E-state index is -0.169. The van der Waals surface area contributed by atoms with Crippen molar-refractivity contribution in [3.8, 4) is 11.8 Å². The maximum Gasteiger partial charge on any atom is 0.235 e.